The van der Waals surface area contributed by atoms with Gasteiger partial charge in [0, 0.05) is 37.6 Å². The van der Waals surface area contributed by atoms with E-state index in [0.29, 0.717) is 30.0 Å². The lowest BCUT2D eigenvalue weighted by molar-refractivity contribution is 0.0714. The summed E-state index contributed by atoms with van der Waals surface area (Å²) in [5, 5.41) is 22.0. The molecule has 11 heteroatoms. The number of aromatic nitrogens is 3. The van der Waals surface area contributed by atoms with E-state index in [1.165, 1.54) is 17.7 Å². The van der Waals surface area contributed by atoms with Crippen molar-refractivity contribution in [3.8, 4) is 17.3 Å². The van der Waals surface area contributed by atoms with Gasteiger partial charge in [0.1, 0.15) is 19.0 Å². The van der Waals surface area contributed by atoms with Crippen molar-refractivity contribution in [3.05, 3.63) is 47.5 Å². The lowest BCUT2D eigenvalue weighted by Gasteiger charge is -2.31. The first-order valence-electron chi connectivity index (χ1n) is 14.0. The van der Waals surface area contributed by atoms with E-state index >= 15 is 0 Å². The predicted octanol–water partition coefficient (Wildman–Crippen LogP) is 3.97. The minimum absolute atomic E-state index is 0.0344. The van der Waals surface area contributed by atoms with Crippen molar-refractivity contribution in [2.45, 2.75) is 44.9 Å². The standard InChI is InChI=1S/C30H34FN5O5/c1-17(37)16-41-26-5-3-4-20-11-25(36(27(20)26)14-18-6-7-18)28-33-23-12-22-19(10-24(23)34(28)2)8-9-35(29(22)38)15-21(13-31)32-30(39)40/h3-5,10-12,17-18,21,32,37H,6-9,13-16H2,1-2H3,(H,39,40)/t17-,21-/m1/s1. The molecule has 0 spiro atoms. The van der Waals surface area contributed by atoms with E-state index in [1.54, 1.807) is 13.0 Å². The SMILES string of the molecule is C[C@@H](O)COc1cccc2cc(-c3nc4cc5c(cc4n3C)CCN(C[C@@H](CF)NC(=O)O)C5=O)n(CC3CC3)c12. The lowest BCUT2D eigenvalue weighted by Crippen LogP contribution is -2.48. The average Bonchev–Trinajstić information content (AvgIpc) is 3.61. The minimum atomic E-state index is -1.32. The van der Waals surface area contributed by atoms with Crippen LogP contribution in [0, 0.1) is 5.92 Å². The molecule has 3 heterocycles. The number of fused-ring (bicyclic) bond motifs is 3. The van der Waals surface area contributed by atoms with Gasteiger partial charge in [-0.25, -0.2) is 14.2 Å². The molecule has 0 radical (unpaired) electrons. The smallest absolute Gasteiger partial charge is 0.405 e. The molecule has 2 amide bonds. The number of benzene rings is 2. The topological polar surface area (TPSA) is 122 Å². The number of amides is 2. The molecular formula is C30H34FN5O5. The summed E-state index contributed by atoms with van der Waals surface area (Å²) >= 11 is 0. The first-order valence-corrected chi connectivity index (χ1v) is 14.0. The highest BCUT2D eigenvalue weighted by Gasteiger charge is 2.30. The highest BCUT2D eigenvalue weighted by atomic mass is 19.1. The summed E-state index contributed by atoms with van der Waals surface area (Å²) in [6.07, 6.45) is 1.03. The number of aliphatic hydroxyl groups is 1. The number of para-hydroxylation sites is 1. The maximum atomic E-state index is 13.4. The van der Waals surface area contributed by atoms with Crippen molar-refractivity contribution >= 4 is 33.9 Å². The zero-order chi connectivity index (χ0) is 28.8. The number of rotatable bonds is 10. The Hall–Kier alpha value is -4.12. The second-order valence-corrected chi connectivity index (χ2v) is 11.2. The van der Waals surface area contributed by atoms with Gasteiger partial charge in [-0.2, -0.15) is 0 Å². The van der Waals surface area contributed by atoms with Crippen LogP contribution in [-0.4, -0.2) is 79.7 Å². The normalized spacial score (nSPS) is 16.7. The molecule has 2 aromatic heterocycles. The summed E-state index contributed by atoms with van der Waals surface area (Å²) in [4.78, 5) is 30.9. The largest absolute Gasteiger partial charge is 0.489 e. The number of alkyl halides is 1. The number of aliphatic hydroxyl groups excluding tert-OH is 1. The second kappa shape index (κ2) is 10.7. The first kappa shape index (κ1) is 27.1. The number of ether oxygens (including phenoxy) is 1. The van der Waals surface area contributed by atoms with E-state index in [2.05, 4.69) is 26.6 Å². The number of aryl methyl sites for hydroxylation is 1. The molecule has 216 valence electrons. The van der Waals surface area contributed by atoms with Crippen molar-refractivity contribution in [3.63, 3.8) is 0 Å². The first-order chi connectivity index (χ1) is 19.7. The maximum Gasteiger partial charge on any atom is 0.405 e. The lowest BCUT2D eigenvalue weighted by atomic mass is 9.97. The van der Waals surface area contributed by atoms with Crippen LogP contribution < -0.4 is 10.1 Å². The molecule has 2 aliphatic rings. The van der Waals surface area contributed by atoms with Gasteiger partial charge in [0.15, 0.2) is 5.82 Å². The molecule has 3 N–H and O–H groups in total. The highest BCUT2D eigenvalue weighted by Crippen LogP contribution is 2.39. The number of imidazole rings is 1. The number of carboxylic acid groups (broad SMARTS) is 1. The number of hydrogen-bond donors (Lipinski definition) is 3. The number of hydrogen-bond acceptors (Lipinski definition) is 5. The van der Waals surface area contributed by atoms with Crippen LogP contribution >= 0.6 is 0 Å². The van der Waals surface area contributed by atoms with Gasteiger partial charge >= 0.3 is 6.09 Å². The number of carbonyl (C=O) groups excluding carboxylic acids is 1. The van der Waals surface area contributed by atoms with E-state index < -0.39 is 24.9 Å². The van der Waals surface area contributed by atoms with Crippen LogP contribution in [0.1, 0.15) is 35.7 Å². The van der Waals surface area contributed by atoms with Crippen LogP contribution in [0.2, 0.25) is 0 Å². The molecule has 1 aliphatic carbocycles. The molecule has 1 aliphatic heterocycles. The highest BCUT2D eigenvalue weighted by molar-refractivity contribution is 6.01. The molecule has 10 nitrogen and oxygen atoms in total. The molecule has 41 heavy (non-hydrogen) atoms. The summed E-state index contributed by atoms with van der Waals surface area (Å²) in [6, 6.07) is 10.9. The zero-order valence-corrected chi connectivity index (χ0v) is 23.1. The molecule has 1 saturated carbocycles. The Morgan fingerprint density at radius 3 is 2.78 bits per heavy atom. The molecule has 1 fully saturated rings. The maximum absolute atomic E-state index is 13.4. The van der Waals surface area contributed by atoms with Crippen LogP contribution in [0.4, 0.5) is 9.18 Å². The fourth-order valence-electron chi connectivity index (χ4n) is 5.74. The predicted molar refractivity (Wildman–Crippen MR) is 152 cm³/mol. The van der Waals surface area contributed by atoms with E-state index in [9.17, 15) is 19.1 Å². The van der Waals surface area contributed by atoms with Gasteiger partial charge < -0.3 is 34.3 Å². The fourth-order valence-corrected chi connectivity index (χ4v) is 5.74. The third-order valence-electron chi connectivity index (χ3n) is 7.96. The molecule has 0 saturated heterocycles. The minimum Gasteiger partial charge on any atom is -0.489 e. The van der Waals surface area contributed by atoms with E-state index in [-0.39, 0.29) is 19.1 Å². The Morgan fingerprint density at radius 2 is 2.07 bits per heavy atom. The number of carbonyl (C=O) groups is 2. The Balaban J connectivity index is 1.39. The molecule has 0 bridgehead atoms. The Labute approximate surface area is 236 Å². The van der Waals surface area contributed by atoms with Crippen LogP contribution in [0.15, 0.2) is 36.4 Å². The second-order valence-electron chi connectivity index (χ2n) is 11.2. The summed E-state index contributed by atoms with van der Waals surface area (Å²) < 4.78 is 23.7. The monoisotopic (exact) mass is 563 g/mol. The molecule has 0 unspecified atom stereocenters. The van der Waals surface area contributed by atoms with Crippen LogP contribution in [0.5, 0.6) is 5.75 Å². The van der Waals surface area contributed by atoms with Gasteiger partial charge in [0.2, 0.25) is 0 Å². The summed E-state index contributed by atoms with van der Waals surface area (Å²) in [5.74, 6) is 1.82. The van der Waals surface area contributed by atoms with Gasteiger partial charge in [-0.1, -0.05) is 12.1 Å². The molecular weight excluding hydrogens is 529 g/mol. The third-order valence-corrected chi connectivity index (χ3v) is 7.96. The van der Waals surface area contributed by atoms with Gasteiger partial charge in [0.25, 0.3) is 5.91 Å². The van der Waals surface area contributed by atoms with Gasteiger partial charge in [0.05, 0.1) is 34.4 Å². The molecule has 2 aromatic carbocycles. The average molecular weight is 564 g/mol. The Kier molecular flexibility index (Phi) is 7.06. The Bertz CT molecular complexity index is 1640. The van der Waals surface area contributed by atoms with Crippen molar-refractivity contribution in [1.29, 1.82) is 0 Å². The van der Waals surface area contributed by atoms with Crippen LogP contribution in [-0.2, 0) is 20.0 Å². The van der Waals surface area contributed by atoms with Gasteiger partial charge in [-0.3, -0.25) is 4.79 Å². The summed E-state index contributed by atoms with van der Waals surface area (Å²) in [6.45, 7) is 2.18. The molecule has 6 rings (SSSR count). The van der Waals surface area contributed by atoms with Crippen LogP contribution in [0.25, 0.3) is 33.5 Å². The number of nitrogens with zero attached hydrogens (tertiary/aromatic N) is 4. The number of nitrogens with one attached hydrogen (secondary N) is 1. The van der Waals surface area contributed by atoms with Crippen molar-refractivity contribution in [2.24, 2.45) is 13.0 Å². The van der Waals surface area contributed by atoms with E-state index in [4.69, 9.17) is 14.8 Å². The Morgan fingerprint density at radius 1 is 1.27 bits per heavy atom. The van der Waals surface area contributed by atoms with E-state index in [1.807, 2.05) is 25.2 Å². The van der Waals surface area contributed by atoms with Gasteiger partial charge in [-0.15, -0.1) is 0 Å². The fraction of sp³-hybridized carbons (Fsp3) is 0.433. The van der Waals surface area contributed by atoms with Crippen molar-refractivity contribution in [1.82, 2.24) is 24.3 Å². The van der Waals surface area contributed by atoms with Crippen LogP contribution in [0.3, 0.4) is 0 Å². The quantitative estimate of drug-likeness (QED) is 0.269. The van der Waals surface area contributed by atoms with Crippen molar-refractivity contribution < 1.29 is 28.9 Å². The van der Waals surface area contributed by atoms with Gasteiger partial charge in [-0.05, 0) is 61.9 Å². The summed E-state index contributed by atoms with van der Waals surface area (Å²) in [5.41, 5.74) is 4.91. The number of halogens is 1. The van der Waals surface area contributed by atoms with E-state index in [0.717, 1.165) is 45.8 Å². The zero-order valence-electron chi connectivity index (χ0n) is 23.1. The molecule has 2 atom stereocenters. The third kappa shape index (κ3) is 5.21. The molecule has 4 aromatic rings. The summed E-state index contributed by atoms with van der Waals surface area (Å²) in [7, 11) is 1.97. The van der Waals surface area contributed by atoms with Crippen molar-refractivity contribution in [2.75, 3.05) is 26.4 Å².